The first-order valence-corrected chi connectivity index (χ1v) is 8.77. The Morgan fingerprint density at radius 1 is 1.22 bits per heavy atom. The minimum atomic E-state index is 0.0407. The van der Waals surface area contributed by atoms with Crippen LogP contribution >= 0.6 is 0 Å². The van der Waals surface area contributed by atoms with Gasteiger partial charge >= 0.3 is 0 Å². The van der Waals surface area contributed by atoms with Gasteiger partial charge in [0.15, 0.2) is 0 Å². The van der Waals surface area contributed by atoms with Crippen molar-refractivity contribution in [3.8, 4) is 0 Å². The van der Waals surface area contributed by atoms with Crippen LogP contribution in [0.25, 0.3) is 0 Å². The summed E-state index contributed by atoms with van der Waals surface area (Å²) in [5, 5.41) is 2.78. The maximum absolute atomic E-state index is 12.6. The standard InChI is InChI=1S/C19H26N2O2/c1-2-20-16(22)10-6-11-17(23)21-14-19(12-7-13-19)18(21)15-8-4-3-5-9-15/h3-5,8-9,18H,2,6-7,10-14H2,1H3,(H,20,22). The number of nitrogens with zero attached hydrogens (tertiary/aromatic N) is 1. The highest BCUT2D eigenvalue weighted by atomic mass is 16.2. The van der Waals surface area contributed by atoms with Crippen LogP contribution in [0, 0.1) is 5.41 Å². The summed E-state index contributed by atoms with van der Waals surface area (Å²) in [7, 11) is 0. The maximum atomic E-state index is 12.6. The number of hydrogen-bond donors (Lipinski definition) is 1. The van der Waals surface area contributed by atoms with E-state index in [1.807, 2.05) is 17.9 Å². The van der Waals surface area contributed by atoms with Crippen molar-refractivity contribution in [1.82, 2.24) is 10.2 Å². The molecule has 1 aliphatic heterocycles. The Hall–Kier alpha value is -1.84. The Kier molecular flexibility index (Phi) is 4.69. The number of benzene rings is 1. The number of amides is 2. The molecule has 1 aliphatic carbocycles. The average molecular weight is 314 g/mol. The molecule has 1 spiro atoms. The van der Waals surface area contributed by atoms with E-state index in [0.717, 1.165) is 6.54 Å². The Morgan fingerprint density at radius 2 is 1.96 bits per heavy atom. The Bertz CT molecular complexity index is 566. The molecule has 2 amide bonds. The molecule has 1 saturated carbocycles. The highest BCUT2D eigenvalue weighted by molar-refractivity contribution is 5.80. The second kappa shape index (κ2) is 6.73. The first-order valence-electron chi connectivity index (χ1n) is 8.77. The summed E-state index contributed by atoms with van der Waals surface area (Å²) < 4.78 is 0. The number of rotatable bonds is 6. The molecule has 124 valence electrons. The molecule has 1 aromatic rings. The van der Waals surface area contributed by atoms with Crippen LogP contribution < -0.4 is 5.32 Å². The summed E-state index contributed by atoms with van der Waals surface area (Å²) >= 11 is 0. The number of hydrogen-bond acceptors (Lipinski definition) is 2. The minimum absolute atomic E-state index is 0.0407. The van der Waals surface area contributed by atoms with Crippen LogP contribution in [0.1, 0.15) is 57.1 Å². The fraction of sp³-hybridized carbons (Fsp3) is 0.579. The van der Waals surface area contributed by atoms with Crippen LogP contribution in [-0.4, -0.2) is 29.8 Å². The molecule has 2 aliphatic rings. The zero-order valence-electron chi connectivity index (χ0n) is 13.9. The van der Waals surface area contributed by atoms with Crippen molar-refractivity contribution in [1.29, 1.82) is 0 Å². The van der Waals surface area contributed by atoms with Gasteiger partial charge in [0.05, 0.1) is 6.04 Å². The molecule has 3 rings (SSSR count). The molecule has 23 heavy (non-hydrogen) atoms. The molecule has 1 N–H and O–H groups in total. The van der Waals surface area contributed by atoms with Gasteiger partial charge in [0, 0.05) is 31.3 Å². The van der Waals surface area contributed by atoms with Crippen molar-refractivity contribution >= 4 is 11.8 Å². The molecule has 0 bridgehead atoms. The molecular formula is C19H26N2O2. The second-order valence-electron chi connectivity index (χ2n) is 6.86. The molecule has 4 nitrogen and oxygen atoms in total. The largest absolute Gasteiger partial charge is 0.356 e. The summed E-state index contributed by atoms with van der Waals surface area (Å²) in [6, 6.07) is 10.6. The SMILES string of the molecule is CCNC(=O)CCCC(=O)N1CC2(CCC2)C1c1ccccc1. The van der Waals surface area contributed by atoms with Gasteiger partial charge in [-0.15, -0.1) is 0 Å². The number of carbonyl (C=O) groups excluding carboxylic acids is 2. The summed E-state index contributed by atoms with van der Waals surface area (Å²) in [6.45, 7) is 3.45. The lowest BCUT2D eigenvalue weighted by molar-refractivity contribution is -0.169. The minimum Gasteiger partial charge on any atom is -0.356 e. The van der Waals surface area contributed by atoms with Crippen molar-refractivity contribution in [3.63, 3.8) is 0 Å². The lowest BCUT2D eigenvalue weighted by Gasteiger charge is -2.62. The molecule has 1 aromatic carbocycles. The van der Waals surface area contributed by atoms with E-state index in [9.17, 15) is 9.59 Å². The molecule has 4 heteroatoms. The van der Waals surface area contributed by atoms with Crippen LogP contribution in [0.15, 0.2) is 30.3 Å². The van der Waals surface area contributed by atoms with E-state index in [2.05, 4.69) is 29.6 Å². The van der Waals surface area contributed by atoms with Gasteiger partial charge in [0.1, 0.15) is 0 Å². The van der Waals surface area contributed by atoms with Crippen molar-refractivity contribution in [2.75, 3.05) is 13.1 Å². The van der Waals surface area contributed by atoms with Crippen molar-refractivity contribution < 1.29 is 9.59 Å². The van der Waals surface area contributed by atoms with Gasteiger partial charge in [0.25, 0.3) is 0 Å². The normalized spacial score (nSPS) is 21.4. The molecule has 0 radical (unpaired) electrons. The van der Waals surface area contributed by atoms with Crippen molar-refractivity contribution in [3.05, 3.63) is 35.9 Å². The first kappa shape index (κ1) is 16.0. The number of nitrogens with one attached hydrogen (secondary N) is 1. The van der Waals surface area contributed by atoms with Gasteiger partial charge in [-0.05, 0) is 31.7 Å². The molecule has 1 unspecified atom stereocenters. The van der Waals surface area contributed by atoms with E-state index in [-0.39, 0.29) is 17.9 Å². The molecule has 1 heterocycles. The van der Waals surface area contributed by atoms with E-state index in [0.29, 0.717) is 31.2 Å². The van der Waals surface area contributed by atoms with Gasteiger partial charge in [-0.3, -0.25) is 9.59 Å². The predicted octanol–water partition coefficient (Wildman–Crippen LogP) is 3.05. The smallest absolute Gasteiger partial charge is 0.223 e. The van der Waals surface area contributed by atoms with Gasteiger partial charge in [-0.25, -0.2) is 0 Å². The Labute approximate surface area is 138 Å². The zero-order valence-corrected chi connectivity index (χ0v) is 13.9. The highest BCUT2D eigenvalue weighted by Gasteiger charge is 2.57. The van der Waals surface area contributed by atoms with Crippen LogP contribution in [0.5, 0.6) is 0 Å². The first-order chi connectivity index (χ1) is 11.2. The predicted molar refractivity (Wildman–Crippen MR) is 89.7 cm³/mol. The third-order valence-electron chi connectivity index (χ3n) is 5.33. The Morgan fingerprint density at radius 3 is 2.57 bits per heavy atom. The fourth-order valence-electron chi connectivity index (χ4n) is 4.03. The maximum Gasteiger partial charge on any atom is 0.223 e. The highest BCUT2D eigenvalue weighted by Crippen LogP contribution is 2.60. The van der Waals surface area contributed by atoms with Gasteiger partial charge in [-0.2, -0.15) is 0 Å². The summed E-state index contributed by atoms with van der Waals surface area (Å²) in [6.07, 6.45) is 5.29. The molecular weight excluding hydrogens is 288 g/mol. The van der Waals surface area contributed by atoms with Crippen molar-refractivity contribution in [2.24, 2.45) is 5.41 Å². The van der Waals surface area contributed by atoms with Crippen LogP contribution in [-0.2, 0) is 9.59 Å². The third kappa shape index (κ3) is 3.12. The topological polar surface area (TPSA) is 49.4 Å². The molecule has 2 fully saturated rings. The lowest BCUT2D eigenvalue weighted by atomic mass is 9.56. The fourth-order valence-corrected chi connectivity index (χ4v) is 4.03. The van der Waals surface area contributed by atoms with Gasteiger partial charge in [-0.1, -0.05) is 36.8 Å². The number of carbonyl (C=O) groups is 2. The lowest BCUT2D eigenvalue weighted by Crippen LogP contribution is -2.63. The molecule has 0 aromatic heterocycles. The van der Waals surface area contributed by atoms with Crippen LogP contribution in [0.2, 0.25) is 0 Å². The van der Waals surface area contributed by atoms with E-state index in [1.54, 1.807) is 0 Å². The van der Waals surface area contributed by atoms with Gasteiger partial charge < -0.3 is 10.2 Å². The van der Waals surface area contributed by atoms with Crippen LogP contribution in [0.4, 0.5) is 0 Å². The average Bonchev–Trinajstić information content (AvgIpc) is 2.46. The van der Waals surface area contributed by atoms with Gasteiger partial charge in [0.2, 0.25) is 11.8 Å². The van der Waals surface area contributed by atoms with E-state index < -0.39 is 0 Å². The second-order valence-corrected chi connectivity index (χ2v) is 6.86. The Balaban J connectivity index is 1.59. The number of likely N-dealkylation sites (tertiary alicyclic amines) is 1. The monoisotopic (exact) mass is 314 g/mol. The quantitative estimate of drug-likeness (QED) is 0.877. The zero-order chi connectivity index (χ0) is 16.3. The third-order valence-corrected chi connectivity index (χ3v) is 5.33. The molecule has 1 atom stereocenters. The summed E-state index contributed by atoms with van der Waals surface area (Å²) in [5.74, 6) is 0.236. The van der Waals surface area contributed by atoms with Crippen LogP contribution in [0.3, 0.4) is 0 Å². The summed E-state index contributed by atoms with van der Waals surface area (Å²) in [4.78, 5) is 26.1. The van der Waals surface area contributed by atoms with E-state index in [4.69, 9.17) is 0 Å². The molecule has 1 saturated heterocycles. The van der Waals surface area contributed by atoms with E-state index >= 15 is 0 Å². The summed E-state index contributed by atoms with van der Waals surface area (Å²) in [5.41, 5.74) is 1.59. The van der Waals surface area contributed by atoms with E-state index in [1.165, 1.54) is 24.8 Å². The van der Waals surface area contributed by atoms with Crippen molar-refractivity contribution in [2.45, 2.75) is 51.5 Å².